The Labute approximate surface area is 88.0 Å². The summed E-state index contributed by atoms with van der Waals surface area (Å²) in [5.74, 6) is 0.242. The zero-order valence-corrected chi connectivity index (χ0v) is 8.82. The molecule has 76 valence electrons. The van der Waals surface area contributed by atoms with Gasteiger partial charge in [-0.25, -0.2) is 4.79 Å². The number of halogens is 1. The van der Waals surface area contributed by atoms with E-state index in [1.165, 1.54) is 0 Å². The van der Waals surface area contributed by atoms with Crippen LogP contribution in [0.4, 0.5) is 10.5 Å². The van der Waals surface area contributed by atoms with Crippen LogP contribution in [0.2, 0.25) is 0 Å². The smallest absolute Gasteiger partial charge is 0.426 e. The number of rotatable bonds is 2. The largest absolute Gasteiger partial charge is 0.464 e. The van der Waals surface area contributed by atoms with E-state index >= 15 is 0 Å². The molecule has 0 saturated carbocycles. The summed E-state index contributed by atoms with van der Waals surface area (Å²) in [6, 6.07) is 7.19. The van der Waals surface area contributed by atoms with E-state index in [9.17, 15) is 4.79 Å². The Morgan fingerprint density at radius 3 is 2.50 bits per heavy atom. The molecule has 0 aliphatic carbocycles. The van der Waals surface area contributed by atoms with Gasteiger partial charge in [0.1, 0.15) is 0 Å². The van der Waals surface area contributed by atoms with Gasteiger partial charge in [-0.15, -0.1) is 0 Å². The molecule has 0 radical (unpaired) electrons. The van der Waals surface area contributed by atoms with Crippen molar-refractivity contribution in [2.75, 3.05) is 4.42 Å². The van der Waals surface area contributed by atoms with Crippen molar-refractivity contribution < 1.29 is 9.90 Å². The van der Waals surface area contributed by atoms with E-state index in [0.29, 0.717) is 5.69 Å². The van der Waals surface area contributed by atoms with Gasteiger partial charge in [0.25, 0.3) is 0 Å². The second-order valence-electron chi connectivity index (χ2n) is 3.28. The molecule has 0 unspecified atom stereocenters. The third-order valence-electron chi connectivity index (χ3n) is 1.94. The average Bonchev–Trinajstić information content (AvgIpc) is 2.16. The minimum absolute atomic E-state index is 0.242. The van der Waals surface area contributed by atoms with E-state index in [1.54, 1.807) is 12.1 Å². The van der Waals surface area contributed by atoms with E-state index in [0.717, 1.165) is 9.98 Å². The summed E-state index contributed by atoms with van der Waals surface area (Å²) in [6.07, 6.45) is -1.17. The molecule has 1 amide bonds. The molecule has 1 aromatic rings. The molecule has 0 bridgehead atoms. The van der Waals surface area contributed by atoms with Crippen LogP contribution in [0.25, 0.3) is 0 Å². The van der Waals surface area contributed by atoms with Gasteiger partial charge < -0.3 is 5.11 Å². The number of anilines is 1. The highest BCUT2D eigenvalue weighted by molar-refractivity contribution is 6.35. The lowest BCUT2D eigenvalue weighted by Gasteiger charge is -2.16. The fourth-order valence-corrected chi connectivity index (χ4v) is 1.41. The second kappa shape index (κ2) is 4.33. The van der Waals surface area contributed by atoms with Crippen molar-refractivity contribution in [3.8, 4) is 0 Å². The number of para-hydroxylation sites is 1. The maximum absolute atomic E-state index is 10.7. The Balaban J connectivity index is 3.13. The number of benzene rings is 1. The Kier molecular flexibility index (Phi) is 3.36. The number of carbonyl (C=O) groups is 1. The van der Waals surface area contributed by atoms with Crippen LogP contribution in [0, 0.1) is 0 Å². The normalized spacial score (nSPS) is 10.3. The first-order valence-electron chi connectivity index (χ1n) is 4.31. The fraction of sp³-hybridized carbons (Fsp3) is 0.300. The van der Waals surface area contributed by atoms with Crippen LogP contribution in [0.1, 0.15) is 25.3 Å². The Morgan fingerprint density at radius 2 is 2.00 bits per heavy atom. The Morgan fingerprint density at radius 1 is 1.43 bits per heavy atom. The molecule has 0 atom stereocenters. The monoisotopic (exact) mass is 213 g/mol. The third kappa shape index (κ3) is 2.17. The van der Waals surface area contributed by atoms with Gasteiger partial charge in [0, 0.05) is 11.8 Å². The van der Waals surface area contributed by atoms with Gasteiger partial charge in [0.15, 0.2) is 0 Å². The number of carboxylic acid groups (broad SMARTS) is 1. The molecule has 0 fully saturated rings. The number of hydrogen-bond acceptors (Lipinski definition) is 1. The van der Waals surface area contributed by atoms with Gasteiger partial charge in [0.2, 0.25) is 0 Å². The van der Waals surface area contributed by atoms with Crippen LogP contribution in [-0.2, 0) is 0 Å². The summed E-state index contributed by atoms with van der Waals surface area (Å²) in [6.45, 7) is 3.98. The van der Waals surface area contributed by atoms with Crippen molar-refractivity contribution in [2.45, 2.75) is 19.8 Å². The van der Waals surface area contributed by atoms with Crippen LogP contribution in [0.5, 0.6) is 0 Å². The summed E-state index contributed by atoms with van der Waals surface area (Å²) >= 11 is 5.62. The minimum Gasteiger partial charge on any atom is -0.464 e. The summed E-state index contributed by atoms with van der Waals surface area (Å²) in [4.78, 5) is 10.7. The van der Waals surface area contributed by atoms with E-state index < -0.39 is 6.09 Å². The average molecular weight is 214 g/mol. The predicted molar refractivity (Wildman–Crippen MR) is 56.9 cm³/mol. The lowest BCUT2D eigenvalue weighted by Crippen LogP contribution is -2.19. The standard InChI is InChI=1S/C10H12ClNO2/c1-7(2)8-5-3-4-6-9(8)12(11)10(13)14/h3-7H,1-2H3,(H,13,14). The minimum atomic E-state index is -1.17. The van der Waals surface area contributed by atoms with Gasteiger partial charge in [-0.1, -0.05) is 32.0 Å². The molecule has 0 heterocycles. The summed E-state index contributed by atoms with van der Waals surface area (Å²) < 4.78 is 0.718. The van der Waals surface area contributed by atoms with Gasteiger partial charge in [-0.2, -0.15) is 4.42 Å². The molecule has 0 aromatic heterocycles. The van der Waals surface area contributed by atoms with Crippen LogP contribution in [0.3, 0.4) is 0 Å². The molecule has 14 heavy (non-hydrogen) atoms. The maximum atomic E-state index is 10.7. The molecule has 0 aliphatic rings. The number of hydrogen-bond donors (Lipinski definition) is 1. The van der Waals surface area contributed by atoms with Crippen molar-refractivity contribution in [1.29, 1.82) is 0 Å². The molecule has 3 nitrogen and oxygen atoms in total. The highest BCUT2D eigenvalue weighted by Gasteiger charge is 2.16. The molecule has 0 saturated heterocycles. The zero-order chi connectivity index (χ0) is 10.7. The van der Waals surface area contributed by atoms with Crippen molar-refractivity contribution in [2.24, 2.45) is 0 Å². The van der Waals surface area contributed by atoms with E-state index in [-0.39, 0.29) is 5.92 Å². The second-order valence-corrected chi connectivity index (χ2v) is 3.61. The van der Waals surface area contributed by atoms with E-state index in [4.69, 9.17) is 16.9 Å². The van der Waals surface area contributed by atoms with Crippen molar-refractivity contribution in [3.05, 3.63) is 29.8 Å². The van der Waals surface area contributed by atoms with Crippen LogP contribution < -0.4 is 4.42 Å². The summed E-state index contributed by atoms with van der Waals surface area (Å²) in [5, 5.41) is 8.74. The predicted octanol–water partition coefficient (Wildman–Crippen LogP) is 3.45. The summed E-state index contributed by atoms with van der Waals surface area (Å²) in [5.41, 5.74) is 1.45. The van der Waals surface area contributed by atoms with E-state index in [2.05, 4.69) is 0 Å². The highest BCUT2D eigenvalue weighted by atomic mass is 35.5. The topological polar surface area (TPSA) is 40.5 Å². The Bertz CT molecular complexity index is 339. The first-order valence-corrected chi connectivity index (χ1v) is 4.65. The molecule has 4 heteroatoms. The SMILES string of the molecule is CC(C)c1ccccc1N(Cl)C(=O)O. The molecular formula is C10H12ClNO2. The van der Waals surface area contributed by atoms with Crippen LogP contribution in [-0.4, -0.2) is 11.2 Å². The van der Waals surface area contributed by atoms with E-state index in [1.807, 2.05) is 26.0 Å². The van der Waals surface area contributed by atoms with Crippen molar-refractivity contribution >= 4 is 23.6 Å². The van der Waals surface area contributed by atoms with Gasteiger partial charge >= 0.3 is 6.09 Å². The Hall–Kier alpha value is -1.22. The lowest BCUT2D eigenvalue weighted by atomic mass is 10.0. The first-order chi connectivity index (χ1) is 6.54. The van der Waals surface area contributed by atoms with Gasteiger partial charge in [0.05, 0.1) is 5.69 Å². The highest BCUT2D eigenvalue weighted by Crippen LogP contribution is 2.28. The van der Waals surface area contributed by atoms with Gasteiger partial charge in [-0.3, -0.25) is 0 Å². The lowest BCUT2D eigenvalue weighted by molar-refractivity contribution is 0.206. The van der Waals surface area contributed by atoms with Crippen molar-refractivity contribution in [3.63, 3.8) is 0 Å². The number of amides is 1. The molecule has 0 spiro atoms. The fourth-order valence-electron chi connectivity index (χ4n) is 1.26. The number of nitrogens with zero attached hydrogens (tertiary/aromatic N) is 1. The van der Waals surface area contributed by atoms with Crippen molar-refractivity contribution in [1.82, 2.24) is 0 Å². The molecule has 1 N–H and O–H groups in total. The van der Waals surface area contributed by atoms with Gasteiger partial charge in [-0.05, 0) is 17.5 Å². The zero-order valence-electron chi connectivity index (χ0n) is 8.07. The quantitative estimate of drug-likeness (QED) is 0.765. The molecule has 0 aliphatic heterocycles. The molecule has 1 aromatic carbocycles. The molecular weight excluding hydrogens is 202 g/mol. The van der Waals surface area contributed by atoms with Crippen LogP contribution in [0.15, 0.2) is 24.3 Å². The first kappa shape index (κ1) is 10.9. The summed E-state index contributed by atoms with van der Waals surface area (Å²) in [7, 11) is 0. The molecule has 1 rings (SSSR count). The third-order valence-corrected chi connectivity index (χ3v) is 2.26. The van der Waals surface area contributed by atoms with Crippen LogP contribution >= 0.6 is 11.8 Å². The maximum Gasteiger partial charge on any atom is 0.426 e.